The van der Waals surface area contributed by atoms with Gasteiger partial charge in [-0.1, -0.05) is 13.3 Å². The summed E-state index contributed by atoms with van der Waals surface area (Å²) in [6.07, 6.45) is 3.69. The van der Waals surface area contributed by atoms with Gasteiger partial charge in [0.1, 0.15) is 0 Å². The van der Waals surface area contributed by atoms with Crippen molar-refractivity contribution < 1.29 is 14.4 Å². The number of nitrogens with zero attached hydrogens (tertiary/aromatic N) is 1. The Morgan fingerprint density at radius 2 is 1.70 bits per heavy atom. The van der Waals surface area contributed by atoms with E-state index in [4.69, 9.17) is 17.2 Å². The molecule has 7 nitrogen and oxygen atoms in total. The Bertz CT molecular complexity index is 370. The molecule has 0 aliphatic heterocycles. The first-order valence-corrected chi connectivity index (χ1v) is 6.92. The van der Waals surface area contributed by atoms with Gasteiger partial charge in [-0.15, -0.1) is 0 Å². The Morgan fingerprint density at radius 3 is 2.15 bits per heavy atom. The predicted octanol–water partition coefficient (Wildman–Crippen LogP) is -1.06. The summed E-state index contributed by atoms with van der Waals surface area (Å²) in [6, 6.07) is 0.115. The second kappa shape index (κ2) is 7.23. The van der Waals surface area contributed by atoms with Gasteiger partial charge in [-0.2, -0.15) is 0 Å². The van der Waals surface area contributed by atoms with Crippen LogP contribution in [0.15, 0.2) is 0 Å². The van der Waals surface area contributed by atoms with Gasteiger partial charge in [0.2, 0.25) is 17.7 Å². The predicted molar refractivity (Wildman–Crippen MR) is 74.1 cm³/mol. The molecule has 6 N–H and O–H groups in total. The standard InChI is InChI=1S/C13H24N4O3/c1-8(9-3-2-4-10(14)5-9)13(20)17(6-11(15)18)7-12(16)19/h8-10H,2-7,14H2,1H3,(H2,15,18)(H2,16,19). The van der Waals surface area contributed by atoms with Gasteiger partial charge in [-0.3, -0.25) is 14.4 Å². The molecule has 1 saturated carbocycles. The molecule has 1 aliphatic carbocycles. The van der Waals surface area contributed by atoms with Crippen LogP contribution in [0.4, 0.5) is 0 Å². The number of hydrogen-bond donors (Lipinski definition) is 3. The third-order valence-corrected chi connectivity index (χ3v) is 3.86. The highest BCUT2D eigenvalue weighted by Gasteiger charge is 2.32. The van der Waals surface area contributed by atoms with E-state index in [0.717, 1.165) is 30.6 Å². The van der Waals surface area contributed by atoms with Gasteiger partial charge in [0.25, 0.3) is 0 Å². The number of amides is 3. The smallest absolute Gasteiger partial charge is 0.237 e. The lowest BCUT2D eigenvalue weighted by molar-refractivity contribution is -0.142. The summed E-state index contributed by atoms with van der Waals surface area (Å²) >= 11 is 0. The van der Waals surface area contributed by atoms with Crippen LogP contribution in [0.5, 0.6) is 0 Å². The quantitative estimate of drug-likeness (QED) is 0.573. The first-order valence-electron chi connectivity index (χ1n) is 6.92. The molecule has 0 radical (unpaired) electrons. The van der Waals surface area contributed by atoms with Crippen molar-refractivity contribution in [2.45, 2.75) is 38.6 Å². The van der Waals surface area contributed by atoms with Crippen LogP contribution in [0.1, 0.15) is 32.6 Å². The molecule has 1 rings (SSSR count). The van der Waals surface area contributed by atoms with E-state index in [1.165, 1.54) is 0 Å². The molecule has 0 bridgehead atoms. The molecule has 0 heterocycles. The number of carbonyl (C=O) groups excluding carboxylic acids is 3. The second-order valence-corrected chi connectivity index (χ2v) is 5.60. The molecule has 1 fully saturated rings. The van der Waals surface area contributed by atoms with E-state index in [0.29, 0.717) is 0 Å². The Kier molecular flexibility index (Phi) is 5.94. The fourth-order valence-electron chi connectivity index (χ4n) is 2.80. The maximum absolute atomic E-state index is 12.4. The van der Waals surface area contributed by atoms with Crippen LogP contribution < -0.4 is 17.2 Å². The lowest BCUT2D eigenvalue weighted by Gasteiger charge is -2.33. The summed E-state index contributed by atoms with van der Waals surface area (Å²) in [7, 11) is 0. The summed E-state index contributed by atoms with van der Waals surface area (Å²) in [4.78, 5) is 35.5. The molecule has 0 aromatic rings. The molecule has 3 atom stereocenters. The highest BCUT2D eigenvalue weighted by Crippen LogP contribution is 2.30. The topological polar surface area (TPSA) is 133 Å². The molecule has 0 spiro atoms. The Hall–Kier alpha value is -1.63. The molecule has 3 amide bonds. The number of rotatable bonds is 6. The summed E-state index contributed by atoms with van der Waals surface area (Å²) in [6.45, 7) is 1.23. The molecule has 0 aromatic carbocycles. The van der Waals surface area contributed by atoms with Gasteiger partial charge < -0.3 is 22.1 Å². The van der Waals surface area contributed by atoms with Crippen molar-refractivity contribution in [1.29, 1.82) is 0 Å². The minimum atomic E-state index is -0.660. The van der Waals surface area contributed by atoms with E-state index in [2.05, 4.69) is 0 Å². The SMILES string of the molecule is CC(C(=O)N(CC(N)=O)CC(N)=O)C1CCCC(N)C1. The number of hydrogen-bond acceptors (Lipinski definition) is 4. The first kappa shape index (κ1) is 16.4. The zero-order chi connectivity index (χ0) is 15.3. The van der Waals surface area contributed by atoms with Gasteiger partial charge in [0, 0.05) is 12.0 Å². The van der Waals surface area contributed by atoms with Crippen molar-refractivity contribution in [3.8, 4) is 0 Å². The van der Waals surface area contributed by atoms with Crippen LogP contribution in [-0.4, -0.2) is 41.8 Å². The fraction of sp³-hybridized carbons (Fsp3) is 0.769. The van der Waals surface area contributed by atoms with Crippen molar-refractivity contribution in [2.24, 2.45) is 29.0 Å². The van der Waals surface area contributed by atoms with E-state index in [1.807, 2.05) is 0 Å². The number of carbonyl (C=O) groups is 3. The van der Waals surface area contributed by atoms with Crippen molar-refractivity contribution in [1.82, 2.24) is 4.90 Å². The van der Waals surface area contributed by atoms with Gasteiger partial charge in [-0.05, 0) is 25.2 Å². The van der Waals surface area contributed by atoms with Crippen molar-refractivity contribution >= 4 is 17.7 Å². The van der Waals surface area contributed by atoms with E-state index in [-0.39, 0.29) is 36.9 Å². The lowest BCUT2D eigenvalue weighted by Crippen LogP contribution is -2.47. The van der Waals surface area contributed by atoms with Crippen molar-refractivity contribution in [3.63, 3.8) is 0 Å². The van der Waals surface area contributed by atoms with E-state index < -0.39 is 11.8 Å². The minimum Gasteiger partial charge on any atom is -0.368 e. The minimum absolute atomic E-state index is 0.115. The van der Waals surface area contributed by atoms with E-state index in [9.17, 15) is 14.4 Å². The van der Waals surface area contributed by atoms with E-state index in [1.54, 1.807) is 6.92 Å². The molecule has 1 aliphatic rings. The third-order valence-electron chi connectivity index (χ3n) is 3.86. The Balaban J connectivity index is 2.71. The zero-order valence-corrected chi connectivity index (χ0v) is 11.9. The van der Waals surface area contributed by atoms with Crippen LogP contribution >= 0.6 is 0 Å². The van der Waals surface area contributed by atoms with Crippen molar-refractivity contribution in [3.05, 3.63) is 0 Å². The second-order valence-electron chi connectivity index (χ2n) is 5.60. The highest BCUT2D eigenvalue weighted by atomic mass is 16.2. The van der Waals surface area contributed by atoms with Crippen LogP contribution in [0.3, 0.4) is 0 Å². The highest BCUT2D eigenvalue weighted by molar-refractivity contribution is 5.89. The largest absolute Gasteiger partial charge is 0.368 e. The average molecular weight is 284 g/mol. The van der Waals surface area contributed by atoms with Gasteiger partial charge >= 0.3 is 0 Å². The van der Waals surface area contributed by atoms with Crippen LogP contribution in [0.2, 0.25) is 0 Å². The number of primary amides is 2. The molecule has 0 saturated heterocycles. The van der Waals surface area contributed by atoms with Gasteiger partial charge in [0.15, 0.2) is 0 Å². The molecular formula is C13H24N4O3. The van der Waals surface area contributed by atoms with Gasteiger partial charge in [-0.25, -0.2) is 0 Å². The Morgan fingerprint density at radius 1 is 1.15 bits per heavy atom. The number of nitrogens with two attached hydrogens (primary N) is 3. The molecule has 3 unspecified atom stereocenters. The molecule has 7 heteroatoms. The fourth-order valence-corrected chi connectivity index (χ4v) is 2.80. The summed E-state index contributed by atoms with van der Waals surface area (Å²) in [5.41, 5.74) is 16.1. The lowest BCUT2D eigenvalue weighted by atomic mass is 9.78. The van der Waals surface area contributed by atoms with Crippen LogP contribution in [-0.2, 0) is 14.4 Å². The molecule has 0 aromatic heterocycles. The van der Waals surface area contributed by atoms with E-state index >= 15 is 0 Å². The summed E-state index contributed by atoms with van der Waals surface area (Å²) < 4.78 is 0. The zero-order valence-electron chi connectivity index (χ0n) is 11.9. The normalized spacial score (nSPS) is 23.9. The summed E-state index contributed by atoms with van der Waals surface area (Å²) in [5, 5.41) is 0. The van der Waals surface area contributed by atoms with Crippen molar-refractivity contribution in [2.75, 3.05) is 13.1 Å². The maximum Gasteiger partial charge on any atom is 0.237 e. The molecule has 114 valence electrons. The van der Waals surface area contributed by atoms with Gasteiger partial charge in [0.05, 0.1) is 13.1 Å². The summed E-state index contributed by atoms with van der Waals surface area (Å²) in [5.74, 6) is -1.70. The molecular weight excluding hydrogens is 260 g/mol. The monoisotopic (exact) mass is 284 g/mol. The maximum atomic E-state index is 12.4. The third kappa shape index (κ3) is 4.80. The first-order chi connectivity index (χ1) is 9.31. The Labute approximate surface area is 118 Å². The van der Waals surface area contributed by atoms with Crippen LogP contribution in [0, 0.1) is 11.8 Å². The van der Waals surface area contributed by atoms with Crippen LogP contribution in [0.25, 0.3) is 0 Å². The molecule has 20 heavy (non-hydrogen) atoms. The average Bonchev–Trinajstić information content (AvgIpc) is 2.35.